The van der Waals surface area contributed by atoms with Crippen molar-refractivity contribution in [3.05, 3.63) is 71.9 Å². The third-order valence-electron chi connectivity index (χ3n) is 4.38. The molecule has 0 saturated heterocycles. The highest BCUT2D eigenvalue weighted by atomic mass is 32.2. The number of thioether (sulfide) groups is 1. The van der Waals surface area contributed by atoms with E-state index in [0.717, 1.165) is 49.1 Å². The number of rotatable bonds is 10. The van der Waals surface area contributed by atoms with Crippen molar-refractivity contribution in [3.63, 3.8) is 0 Å². The maximum Gasteiger partial charge on any atom is 0.191 e. The molecule has 0 unspecified atom stereocenters. The summed E-state index contributed by atoms with van der Waals surface area (Å²) in [5.74, 6) is 2.75. The number of nitrogens with one attached hydrogen (secondary N) is 2. The molecular formula is C22H29N5OS. The van der Waals surface area contributed by atoms with Crippen molar-refractivity contribution in [1.82, 2.24) is 20.4 Å². The highest BCUT2D eigenvalue weighted by molar-refractivity contribution is 7.99. The molecule has 3 aromatic rings. The van der Waals surface area contributed by atoms with Crippen LogP contribution in [-0.2, 0) is 26.4 Å². The van der Waals surface area contributed by atoms with E-state index in [1.165, 1.54) is 10.5 Å². The van der Waals surface area contributed by atoms with Crippen LogP contribution >= 0.6 is 11.8 Å². The van der Waals surface area contributed by atoms with E-state index in [9.17, 15) is 0 Å². The number of aliphatic imine (C=N–C) groups is 1. The second-order valence-electron chi connectivity index (χ2n) is 6.64. The van der Waals surface area contributed by atoms with Crippen molar-refractivity contribution in [2.45, 2.75) is 31.2 Å². The first-order chi connectivity index (χ1) is 14.2. The summed E-state index contributed by atoms with van der Waals surface area (Å²) in [5.41, 5.74) is 2.27. The minimum Gasteiger partial charge on any atom is -0.469 e. The van der Waals surface area contributed by atoms with E-state index in [-0.39, 0.29) is 0 Å². The minimum atomic E-state index is 0.610. The maximum atomic E-state index is 5.41. The van der Waals surface area contributed by atoms with Gasteiger partial charge in [0.15, 0.2) is 5.96 Å². The molecule has 6 nitrogen and oxygen atoms in total. The zero-order valence-electron chi connectivity index (χ0n) is 17.1. The molecule has 0 radical (unpaired) electrons. The lowest BCUT2D eigenvalue weighted by atomic mass is 10.2. The summed E-state index contributed by atoms with van der Waals surface area (Å²) in [5, 5.41) is 11.4. The van der Waals surface area contributed by atoms with Crippen molar-refractivity contribution in [2.24, 2.45) is 12.0 Å². The normalized spacial score (nSPS) is 11.6. The van der Waals surface area contributed by atoms with Gasteiger partial charge < -0.3 is 15.1 Å². The Kier molecular flexibility index (Phi) is 8.25. The van der Waals surface area contributed by atoms with Gasteiger partial charge in [0.2, 0.25) is 0 Å². The number of benzene rings is 1. The van der Waals surface area contributed by atoms with Crippen molar-refractivity contribution in [1.29, 1.82) is 0 Å². The van der Waals surface area contributed by atoms with Crippen LogP contribution in [0, 0.1) is 0 Å². The molecule has 0 spiro atoms. The Morgan fingerprint density at radius 1 is 1.14 bits per heavy atom. The van der Waals surface area contributed by atoms with Crippen LogP contribution in [-0.4, -0.2) is 34.6 Å². The van der Waals surface area contributed by atoms with Crippen molar-refractivity contribution in [2.75, 3.05) is 18.8 Å². The second-order valence-corrected chi connectivity index (χ2v) is 7.81. The van der Waals surface area contributed by atoms with Gasteiger partial charge in [-0.2, -0.15) is 5.10 Å². The molecule has 29 heavy (non-hydrogen) atoms. The third kappa shape index (κ3) is 7.02. The number of aryl methyl sites for hydroxylation is 2. The van der Waals surface area contributed by atoms with Crippen LogP contribution in [0.1, 0.15) is 23.9 Å². The molecule has 3 rings (SSSR count). The van der Waals surface area contributed by atoms with Gasteiger partial charge in [0.25, 0.3) is 0 Å². The van der Waals surface area contributed by atoms with E-state index >= 15 is 0 Å². The lowest BCUT2D eigenvalue weighted by Gasteiger charge is -2.12. The molecule has 0 aliphatic heterocycles. The summed E-state index contributed by atoms with van der Waals surface area (Å²) in [7, 11) is 1.95. The van der Waals surface area contributed by atoms with Gasteiger partial charge in [-0.3, -0.25) is 4.68 Å². The van der Waals surface area contributed by atoms with Gasteiger partial charge in [0.1, 0.15) is 5.76 Å². The molecule has 0 amide bonds. The Morgan fingerprint density at radius 3 is 2.72 bits per heavy atom. The van der Waals surface area contributed by atoms with Gasteiger partial charge in [0.05, 0.1) is 18.5 Å². The molecule has 1 aromatic carbocycles. The maximum absolute atomic E-state index is 5.41. The Morgan fingerprint density at radius 2 is 1.97 bits per heavy atom. The first kappa shape index (κ1) is 21.0. The molecule has 0 saturated carbocycles. The lowest BCUT2D eigenvalue weighted by molar-refractivity contribution is 0.507. The fourth-order valence-electron chi connectivity index (χ4n) is 2.97. The number of furan rings is 1. The van der Waals surface area contributed by atoms with Crippen LogP contribution in [0.4, 0.5) is 0 Å². The van der Waals surface area contributed by atoms with Crippen molar-refractivity contribution < 1.29 is 4.42 Å². The van der Waals surface area contributed by atoms with E-state index in [0.29, 0.717) is 6.54 Å². The smallest absolute Gasteiger partial charge is 0.191 e. The number of aromatic nitrogens is 2. The van der Waals surface area contributed by atoms with E-state index < -0.39 is 0 Å². The van der Waals surface area contributed by atoms with Crippen LogP contribution < -0.4 is 10.6 Å². The molecule has 0 bridgehead atoms. The summed E-state index contributed by atoms with van der Waals surface area (Å²) >= 11 is 1.83. The highest BCUT2D eigenvalue weighted by Crippen LogP contribution is 2.15. The quantitative estimate of drug-likeness (QED) is 0.231. The summed E-state index contributed by atoms with van der Waals surface area (Å²) in [6.07, 6.45) is 5.49. The van der Waals surface area contributed by atoms with Crippen LogP contribution in [0.3, 0.4) is 0 Å². The average Bonchev–Trinajstić information content (AvgIpc) is 3.38. The van der Waals surface area contributed by atoms with Gasteiger partial charge in [-0.15, -0.1) is 11.8 Å². The Hall–Kier alpha value is -2.67. The molecule has 0 aliphatic carbocycles. The van der Waals surface area contributed by atoms with Crippen LogP contribution in [0.2, 0.25) is 0 Å². The molecule has 0 aliphatic rings. The lowest BCUT2D eigenvalue weighted by Crippen LogP contribution is -2.39. The first-order valence-electron chi connectivity index (χ1n) is 9.98. The van der Waals surface area contributed by atoms with Gasteiger partial charge in [-0.25, -0.2) is 4.99 Å². The summed E-state index contributed by atoms with van der Waals surface area (Å²) < 4.78 is 7.27. The SMILES string of the molecule is CCc1nn(C)cc1CN=C(NCCSc1ccccc1)NCCc1ccco1. The van der Waals surface area contributed by atoms with E-state index in [1.54, 1.807) is 6.26 Å². The largest absolute Gasteiger partial charge is 0.469 e. The van der Waals surface area contributed by atoms with Crippen LogP contribution in [0.15, 0.2) is 69.2 Å². The van der Waals surface area contributed by atoms with E-state index in [4.69, 9.17) is 9.41 Å². The van der Waals surface area contributed by atoms with Gasteiger partial charge in [-0.1, -0.05) is 25.1 Å². The topological polar surface area (TPSA) is 67.4 Å². The summed E-state index contributed by atoms with van der Waals surface area (Å²) in [4.78, 5) is 6.06. The fraction of sp³-hybridized carbons (Fsp3) is 0.364. The Labute approximate surface area is 176 Å². The average molecular weight is 412 g/mol. The first-order valence-corrected chi connectivity index (χ1v) is 11.0. The molecule has 154 valence electrons. The Bertz CT molecular complexity index is 874. The molecular weight excluding hydrogens is 382 g/mol. The number of hydrogen-bond donors (Lipinski definition) is 2. The molecule has 2 heterocycles. The van der Waals surface area contributed by atoms with E-state index in [2.05, 4.69) is 46.9 Å². The number of hydrogen-bond acceptors (Lipinski definition) is 4. The zero-order valence-corrected chi connectivity index (χ0v) is 17.9. The van der Waals surface area contributed by atoms with Gasteiger partial charge >= 0.3 is 0 Å². The minimum absolute atomic E-state index is 0.610. The predicted octanol–water partition coefficient (Wildman–Crippen LogP) is 3.65. The summed E-state index contributed by atoms with van der Waals surface area (Å²) in [6.45, 7) is 4.33. The summed E-state index contributed by atoms with van der Waals surface area (Å²) in [6, 6.07) is 14.4. The predicted molar refractivity (Wildman–Crippen MR) is 119 cm³/mol. The van der Waals surface area contributed by atoms with Crippen molar-refractivity contribution in [3.8, 4) is 0 Å². The molecule has 2 N–H and O–H groups in total. The monoisotopic (exact) mass is 411 g/mol. The van der Waals surface area contributed by atoms with E-state index in [1.807, 2.05) is 47.9 Å². The third-order valence-corrected chi connectivity index (χ3v) is 5.40. The highest BCUT2D eigenvalue weighted by Gasteiger charge is 2.06. The van der Waals surface area contributed by atoms with Crippen LogP contribution in [0.5, 0.6) is 0 Å². The molecule has 0 fully saturated rings. The zero-order chi connectivity index (χ0) is 20.3. The standard InChI is InChI=1S/C22H29N5OS/c1-3-21-18(17-27(2)26-21)16-25-22(23-12-11-19-8-7-14-28-19)24-13-15-29-20-9-5-4-6-10-20/h4-10,14,17H,3,11-13,15-16H2,1-2H3,(H2,23,24,25). The number of nitrogens with zero attached hydrogens (tertiary/aromatic N) is 3. The molecule has 7 heteroatoms. The van der Waals surface area contributed by atoms with Gasteiger partial charge in [0, 0.05) is 49.0 Å². The van der Waals surface area contributed by atoms with Crippen molar-refractivity contribution >= 4 is 17.7 Å². The second kappa shape index (κ2) is 11.4. The Balaban J connectivity index is 1.54. The van der Waals surface area contributed by atoms with Gasteiger partial charge in [-0.05, 0) is 30.7 Å². The molecule has 2 aromatic heterocycles. The molecule has 0 atom stereocenters. The fourth-order valence-corrected chi connectivity index (χ4v) is 3.76. The van der Waals surface area contributed by atoms with Crippen LogP contribution in [0.25, 0.3) is 0 Å². The number of guanidine groups is 1.